The Labute approximate surface area is 116 Å². The van der Waals surface area contributed by atoms with Gasteiger partial charge in [0.05, 0.1) is 17.8 Å². The molecule has 0 spiro atoms. The van der Waals surface area contributed by atoms with Crippen LogP contribution in [0.5, 0.6) is 0 Å². The molecule has 2 heterocycles. The van der Waals surface area contributed by atoms with Crippen LogP contribution in [0.3, 0.4) is 0 Å². The summed E-state index contributed by atoms with van der Waals surface area (Å²) in [7, 11) is 0. The molecule has 5 nitrogen and oxygen atoms in total. The van der Waals surface area contributed by atoms with E-state index in [2.05, 4.69) is 10.3 Å². The Hall–Kier alpha value is -2.53. The second kappa shape index (κ2) is 5.22. The smallest absolute Gasteiger partial charge is 0.139 e. The Kier molecular flexibility index (Phi) is 3.26. The van der Waals surface area contributed by atoms with Gasteiger partial charge in [-0.25, -0.2) is 4.98 Å². The number of pyridine rings is 1. The molecule has 4 N–H and O–H groups in total. The van der Waals surface area contributed by atoms with Crippen molar-refractivity contribution in [2.24, 2.45) is 0 Å². The lowest BCUT2D eigenvalue weighted by Gasteiger charge is -2.13. The molecule has 0 aliphatic carbocycles. The van der Waals surface area contributed by atoms with Crippen molar-refractivity contribution in [3.05, 3.63) is 54.4 Å². The molecule has 1 unspecified atom stereocenters. The zero-order valence-corrected chi connectivity index (χ0v) is 10.8. The van der Waals surface area contributed by atoms with E-state index in [1.807, 2.05) is 18.2 Å². The van der Waals surface area contributed by atoms with Gasteiger partial charge in [0.2, 0.25) is 0 Å². The highest BCUT2D eigenvalue weighted by molar-refractivity contribution is 5.87. The number of aliphatic hydroxyl groups is 1. The van der Waals surface area contributed by atoms with E-state index in [9.17, 15) is 5.11 Å². The number of rotatable bonds is 4. The summed E-state index contributed by atoms with van der Waals surface area (Å²) in [6.45, 7) is 0.362. The summed E-state index contributed by atoms with van der Waals surface area (Å²) in [5.41, 5.74) is 7.88. The number of nitrogens with one attached hydrogen (secondary N) is 1. The zero-order chi connectivity index (χ0) is 13.9. The van der Waals surface area contributed by atoms with E-state index < -0.39 is 6.10 Å². The Bertz CT molecular complexity index is 706. The number of nitrogens with two attached hydrogens (primary N) is 1. The number of nitrogen functional groups attached to an aromatic ring is 1. The van der Waals surface area contributed by atoms with E-state index in [1.54, 1.807) is 30.7 Å². The Balaban J connectivity index is 1.73. The molecule has 0 aliphatic rings. The fraction of sp³-hybridized carbons (Fsp3) is 0.133. The minimum Gasteiger partial charge on any atom is -0.464 e. The molecule has 0 saturated heterocycles. The number of fused-ring (bicyclic) bond motifs is 1. The maximum absolute atomic E-state index is 10.1. The van der Waals surface area contributed by atoms with Gasteiger partial charge in [-0.05, 0) is 29.8 Å². The third kappa shape index (κ3) is 2.44. The average Bonchev–Trinajstić information content (AvgIpc) is 2.94. The molecule has 2 aromatic heterocycles. The van der Waals surface area contributed by atoms with Crippen molar-refractivity contribution in [3.8, 4) is 0 Å². The molecule has 102 valence electrons. The van der Waals surface area contributed by atoms with Gasteiger partial charge in [0.1, 0.15) is 11.4 Å². The molecule has 1 aromatic carbocycles. The lowest BCUT2D eigenvalue weighted by Crippen LogP contribution is -2.13. The van der Waals surface area contributed by atoms with Gasteiger partial charge in [0.25, 0.3) is 0 Å². The topological polar surface area (TPSA) is 84.3 Å². The van der Waals surface area contributed by atoms with E-state index in [0.29, 0.717) is 18.1 Å². The summed E-state index contributed by atoms with van der Waals surface area (Å²) in [5, 5.41) is 14.2. The third-order valence-corrected chi connectivity index (χ3v) is 3.16. The van der Waals surface area contributed by atoms with Gasteiger partial charge in [-0.15, -0.1) is 0 Å². The molecule has 0 aliphatic heterocycles. The quantitative estimate of drug-likeness (QED) is 0.634. The van der Waals surface area contributed by atoms with Crippen molar-refractivity contribution < 1.29 is 9.52 Å². The molecule has 0 amide bonds. The van der Waals surface area contributed by atoms with E-state index in [4.69, 9.17) is 10.2 Å². The number of aromatic nitrogens is 1. The largest absolute Gasteiger partial charge is 0.464 e. The van der Waals surface area contributed by atoms with Crippen molar-refractivity contribution in [2.75, 3.05) is 17.6 Å². The molecule has 0 saturated carbocycles. The van der Waals surface area contributed by atoms with Crippen molar-refractivity contribution in [3.63, 3.8) is 0 Å². The highest BCUT2D eigenvalue weighted by Gasteiger charge is 2.09. The van der Waals surface area contributed by atoms with E-state index in [0.717, 1.165) is 16.5 Å². The number of hydrogen-bond donors (Lipinski definition) is 3. The molecule has 3 aromatic rings. The van der Waals surface area contributed by atoms with Crippen LogP contribution in [-0.2, 0) is 0 Å². The van der Waals surface area contributed by atoms with Gasteiger partial charge < -0.3 is 20.6 Å². The summed E-state index contributed by atoms with van der Waals surface area (Å²) in [6, 6.07) is 10.8. The summed E-state index contributed by atoms with van der Waals surface area (Å²) in [6.07, 6.45) is 2.66. The predicted octanol–water partition coefficient (Wildman–Crippen LogP) is 2.56. The summed E-state index contributed by atoms with van der Waals surface area (Å²) >= 11 is 0. The first kappa shape index (κ1) is 12.5. The van der Waals surface area contributed by atoms with Gasteiger partial charge in [-0.1, -0.05) is 12.1 Å². The Morgan fingerprint density at radius 2 is 2.00 bits per heavy atom. The minimum atomic E-state index is -0.625. The number of hydrogen-bond acceptors (Lipinski definition) is 5. The molecule has 3 rings (SSSR count). The van der Waals surface area contributed by atoms with Crippen LogP contribution in [0.2, 0.25) is 0 Å². The zero-order valence-electron chi connectivity index (χ0n) is 10.8. The second-order valence-electron chi connectivity index (χ2n) is 4.56. The maximum atomic E-state index is 10.1. The van der Waals surface area contributed by atoms with Crippen molar-refractivity contribution >= 4 is 22.5 Å². The molecular weight excluding hydrogens is 254 g/mol. The first-order chi connectivity index (χ1) is 9.74. The van der Waals surface area contributed by atoms with Crippen LogP contribution >= 0.6 is 0 Å². The van der Waals surface area contributed by atoms with Gasteiger partial charge in [-0.2, -0.15) is 0 Å². The number of benzene rings is 1. The first-order valence-electron chi connectivity index (χ1n) is 6.33. The molecule has 0 fully saturated rings. The standard InChI is InChI=1S/C15H15N3O2/c16-11-3-1-10(2-4-11)13(19)9-18-15-12-6-8-20-14(12)5-7-17-15/h1-8,13,19H,9,16H2,(H,17,18). The van der Waals surface area contributed by atoms with E-state index in [1.165, 1.54) is 0 Å². The molecule has 0 bridgehead atoms. The second-order valence-corrected chi connectivity index (χ2v) is 4.56. The molecule has 5 heteroatoms. The molecule has 20 heavy (non-hydrogen) atoms. The van der Waals surface area contributed by atoms with Crippen molar-refractivity contribution in [2.45, 2.75) is 6.10 Å². The summed E-state index contributed by atoms with van der Waals surface area (Å²) < 4.78 is 5.31. The monoisotopic (exact) mass is 269 g/mol. The first-order valence-corrected chi connectivity index (χ1v) is 6.33. The molecule has 0 radical (unpaired) electrons. The maximum Gasteiger partial charge on any atom is 0.139 e. The van der Waals surface area contributed by atoms with E-state index >= 15 is 0 Å². The fourth-order valence-electron chi connectivity index (χ4n) is 2.06. The normalized spacial score (nSPS) is 12.4. The summed E-state index contributed by atoms with van der Waals surface area (Å²) in [5.74, 6) is 0.700. The van der Waals surface area contributed by atoms with Crippen LogP contribution in [0.15, 0.2) is 53.3 Å². The average molecular weight is 269 g/mol. The van der Waals surface area contributed by atoms with E-state index in [-0.39, 0.29) is 0 Å². The van der Waals surface area contributed by atoms with Gasteiger partial charge >= 0.3 is 0 Å². The fourth-order valence-corrected chi connectivity index (χ4v) is 2.06. The minimum absolute atomic E-state index is 0.362. The lowest BCUT2D eigenvalue weighted by molar-refractivity contribution is 0.191. The predicted molar refractivity (Wildman–Crippen MR) is 78.3 cm³/mol. The Morgan fingerprint density at radius 1 is 1.20 bits per heavy atom. The summed E-state index contributed by atoms with van der Waals surface area (Å²) in [4.78, 5) is 4.26. The van der Waals surface area contributed by atoms with Crippen LogP contribution in [0.4, 0.5) is 11.5 Å². The van der Waals surface area contributed by atoms with Crippen LogP contribution in [0.1, 0.15) is 11.7 Å². The van der Waals surface area contributed by atoms with Crippen LogP contribution in [-0.4, -0.2) is 16.6 Å². The van der Waals surface area contributed by atoms with Crippen LogP contribution < -0.4 is 11.1 Å². The highest BCUT2D eigenvalue weighted by atomic mass is 16.3. The van der Waals surface area contributed by atoms with Crippen molar-refractivity contribution in [1.29, 1.82) is 0 Å². The molecule has 1 atom stereocenters. The number of aliphatic hydroxyl groups excluding tert-OH is 1. The van der Waals surface area contributed by atoms with Crippen LogP contribution in [0, 0.1) is 0 Å². The van der Waals surface area contributed by atoms with Crippen molar-refractivity contribution in [1.82, 2.24) is 4.98 Å². The molecular formula is C15H15N3O2. The number of furan rings is 1. The number of nitrogens with zero attached hydrogens (tertiary/aromatic N) is 1. The SMILES string of the molecule is Nc1ccc(C(O)CNc2nccc3occc23)cc1. The van der Waals surface area contributed by atoms with Gasteiger partial charge in [-0.3, -0.25) is 0 Å². The van der Waals surface area contributed by atoms with Crippen LogP contribution in [0.25, 0.3) is 11.0 Å². The number of anilines is 2. The Morgan fingerprint density at radius 3 is 2.80 bits per heavy atom. The van der Waals surface area contributed by atoms with Gasteiger partial charge in [0.15, 0.2) is 0 Å². The third-order valence-electron chi connectivity index (χ3n) is 3.16. The van der Waals surface area contributed by atoms with Gasteiger partial charge in [0, 0.05) is 18.4 Å². The lowest BCUT2D eigenvalue weighted by atomic mass is 10.1. The highest BCUT2D eigenvalue weighted by Crippen LogP contribution is 2.23.